The van der Waals surface area contributed by atoms with Crippen LogP contribution in [0, 0.1) is 11.6 Å². The molecule has 0 radical (unpaired) electrons. The maximum atomic E-state index is 13.5. The topological polar surface area (TPSA) is 51.2 Å². The van der Waals surface area contributed by atoms with Crippen molar-refractivity contribution in [2.75, 3.05) is 5.75 Å². The molecule has 3 nitrogen and oxygen atoms in total. The number of ketones is 1. The van der Waals surface area contributed by atoms with Crippen LogP contribution < -0.4 is 0 Å². The minimum Gasteiger partial charge on any atom is -0.293 e. The zero-order chi connectivity index (χ0) is 15.6. The second-order valence-electron chi connectivity index (χ2n) is 4.24. The van der Waals surface area contributed by atoms with Gasteiger partial charge < -0.3 is 0 Å². The van der Waals surface area contributed by atoms with Crippen LogP contribution in [0.1, 0.15) is 10.4 Å². The van der Waals surface area contributed by atoms with Crippen LogP contribution in [0.2, 0.25) is 0 Å². The van der Waals surface area contributed by atoms with Crippen LogP contribution in [-0.4, -0.2) is 20.0 Å². The molecule has 0 aliphatic carbocycles. The lowest BCUT2D eigenvalue weighted by molar-refractivity contribution is 0.102. The van der Waals surface area contributed by atoms with E-state index in [2.05, 4.69) is 15.9 Å². The van der Waals surface area contributed by atoms with Crippen molar-refractivity contribution in [1.29, 1.82) is 0 Å². The summed E-state index contributed by atoms with van der Waals surface area (Å²) >= 11 is 3.14. The Hall–Kier alpha value is -1.60. The first-order valence-corrected chi connectivity index (χ1v) is 8.21. The Bertz CT molecular complexity index is 804. The number of rotatable bonds is 4. The summed E-state index contributed by atoms with van der Waals surface area (Å²) in [5, 5.41) is 0. The van der Waals surface area contributed by atoms with Crippen molar-refractivity contribution < 1.29 is 22.0 Å². The first-order chi connectivity index (χ1) is 9.81. The van der Waals surface area contributed by atoms with E-state index in [1.54, 1.807) is 18.2 Å². The van der Waals surface area contributed by atoms with Gasteiger partial charge in [0, 0.05) is 10.0 Å². The van der Waals surface area contributed by atoms with Gasteiger partial charge in [-0.15, -0.1) is 0 Å². The summed E-state index contributed by atoms with van der Waals surface area (Å²) in [6, 6.07) is 8.37. The summed E-state index contributed by atoms with van der Waals surface area (Å²) in [5.74, 6) is -3.61. The standard InChI is InChI=1S/C14H9BrF2O3S/c15-11-4-2-1-3-10(11)13(18)8-21(19,20)14-7-9(16)5-6-12(14)17/h1-7H,8H2. The lowest BCUT2D eigenvalue weighted by atomic mass is 10.1. The monoisotopic (exact) mass is 374 g/mol. The molecule has 0 aliphatic rings. The lowest BCUT2D eigenvalue weighted by Gasteiger charge is -2.06. The van der Waals surface area contributed by atoms with Gasteiger partial charge in [0.1, 0.15) is 22.3 Å². The van der Waals surface area contributed by atoms with E-state index in [0.717, 1.165) is 6.07 Å². The van der Waals surface area contributed by atoms with Crippen molar-refractivity contribution >= 4 is 31.6 Å². The molecule has 2 aromatic carbocycles. The highest BCUT2D eigenvalue weighted by Crippen LogP contribution is 2.21. The summed E-state index contributed by atoms with van der Waals surface area (Å²) in [6.45, 7) is 0. The fraction of sp³-hybridized carbons (Fsp3) is 0.0714. The molecule has 0 amide bonds. The van der Waals surface area contributed by atoms with Crippen molar-refractivity contribution in [3.05, 3.63) is 64.1 Å². The van der Waals surface area contributed by atoms with Crippen LogP contribution >= 0.6 is 15.9 Å². The van der Waals surface area contributed by atoms with Crippen molar-refractivity contribution in [2.24, 2.45) is 0 Å². The fourth-order valence-corrected chi connectivity index (χ4v) is 3.55. The average Bonchev–Trinajstić information content (AvgIpc) is 2.41. The van der Waals surface area contributed by atoms with Crippen LogP contribution in [-0.2, 0) is 9.84 Å². The number of halogens is 3. The molecule has 7 heteroatoms. The zero-order valence-corrected chi connectivity index (χ0v) is 12.9. The molecule has 0 saturated carbocycles. The third-order valence-electron chi connectivity index (χ3n) is 2.72. The van der Waals surface area contributed by atoms with Gasteiger partial charge in [0.2, 0.25) is 0 Å². The molecule has 0 unspecified atom stereocenters. The third-order valence-corrected chi connectivity index (χ3v) is 5.04. The number of hydrogen-bond acceptors (Lipinski definition) is 3. The first kappa shape index (κ1) is 15.8. The highest BCUT2D eigenvalue weighted by atomic mass is 79.9. The third kappa shape index (κ3) is 3.54. The molecule has 2 rings (SSSR count). The first-order valence-electron chi connectivity index (χ1n) is 5.77. The number of benzene rings is 2. The molecular formula is C14H9BrF2O3S. The predicted molar refractivity (Wildman–Crippen MR) is 76.9 cm³/mol. The predicted octanol–water partition coefficient (Wildman–Crippen LogP) is 3.38. The van der Waals surface area contributed by atoms with E-state index < -0.39 is 37.9 Å². The molecule has 0 saturated heterocycles. The molecule has 0 heterocycles. The number of carbonyl (C=O) groups excluding carboxylic acids is 1. The van der Waals surface area contributed by atoms with Crippen LogP contribution in [0.4, 0.5) is 8.78 Å². The van der Waals surface area contributed by atoms with Gasteiger partial charge in [-0.1, -0.05) is 34.1 Å². The quantitative estimate of drug-likeness (QED) is 0.770. The molecule has 0 aromatic heterocycles. The van der Waals surface area contributed by atoms with E-state index in [1.807, 2.05) is 0 Å². The van der Waals surface area contributed by atoms with Gasteiger partial charge in [0.05, 0.1) is 0 Å². The average molecular weight is 375 g/mol. The molecule has 0 bridgehead atoms. The summed E-state index contributed by atoms with van der Waals surface area (Å²) in [7, 11) is -4.26. The molecular weight excluding hydrogens is 366 g/mol. The normalized spacial score (nSPS) is 11.4. The van der Waals surface area contributed by atoms with Gasteiger partial charge in [-0.3, -0.25) is 4.79 Å². The van der Waals surface area contributed by atoms with Gasteiger partial charge in [-0.25, -0.2) is 17.2 Å². The fourth-order valence-electron chi connectivity index (χ4n) is 1.73. The summed E-state index contributed by atoms with van der Waals surface area (Å²) < 4.78 is 51.2. The largest absolute Gasteiger partial charge is 0.293 e. The van der Waals surface area contributed by atoms with Crippen molar-refractivity contribution in [1.82, 2.24) is 0 Å². The van der Waals surface area contributed by atoms with Gasteiger partial charge in [-0.05, 0) is 24.3 Å². The van der Waals surface area contributed by atoms with Gasteiger partial charge in [0.15, 0.2) is 15.6 Å². The van der Waals surface area contributed by atoms with E-state index in [9.17, 15) is 22.0 Å². The van der Waals surface area contributed by atoms with E-state index in [4.69, 9.17) is 0 Å². The van der Waals surface area contributed by atoms with Gasteiger partial charge in [-0.2, -0.15) is 0 Å². The van der Waals surface area contributed by atoms with Crippen molar-refractivity contribution in [2.45, 2.75) is 4.90 Å². The Morgan fingerprint density at radius 3 is 2.43 bits per heavy atom. The minimum absolute atomic E-state index is 0.165. The van der Waals surface area contributed by atoms with Gasteiger partial charge >= 0.3 is 0 Å². The zero-order valence-electron chi connectivity index (χ0n) is 10.5. The van der Waals surface area contributed by atoms with Crippen LogP contribution in [0.25, 0.3) is 0 Å². The Morgan fingerprint density at radius 1 is 1.10 bits per heavy atom. The van der Waals surface area contributed by atoms with Crippen LogP contribution in [0.3, 0.4) is 0 Å². The molecule has 2 aromatic rings. The molecule has 110 valence electrons. The minimum atomic E-state index is -4.26. The van der Waals surface area contributed by atoms with E-state index in [-0.39, 0.29) is 5.56 Å². The SMILES string of the molecule is O=C(CS(=O)(=O)c1cc(F)ccc1F)c1ccccc1Br. The smallest absolute Gasteiger partial charge is 0.188 e. The lowest BCUT2D eigenvalue weighted by Crippen LogP contribution is -2.18. The molecule has 0 spiro atoms. The second kappa shape index (κ2) is 6.03. The van der Waals surface area contributed by atoms with E-state index >= 15 is 0 Å². The van der Waals surface area contributed by atoms with Crippen molar-refractivity contribution in [3.63, 3.8) is 0 Å². The number of sulfone groups is 1. The maximum absolute atomic E-state index is 13.5. The molecule has 21 heavy (non-hydrogen) atoms. The molecule has 0 N–H and O–H groups in total. The number of hydrogen-bond donors (Lipinski definition) is 0. The van der Waals surface area contributed by atoms with Crippen LogP contribution in [0.5, 0.6) is 0 Å². The Morgan fingerprint density at radius 2 is 1.76 bits per heavy atom. The molecule has 0 atom stereocenters. The Kier molecular flexibility index (Phi) is 4.53. The van der Waals surface area contributed by atoms with Crippen LogP contribution in [0.15, 0.2) is 51.8 Å². The second-order valence-corrected chi connectivity index (χ2v) is 7.05. The number of carbonyl (C=O) groups is 1. The molecule has 0 fully saturated rings. The summed E-state index contributed by atoms with van der Waals surface area (Å²) in [5.41, 5.74) is 0.165. The van der Waals surface area contributed by atoms with E-state index in [1.165, 1.54) is 6.07 Å². The summed E-state index contributed by atoms with van der Waals surface area (Å²) in [4.78, 5) is 11.2. The Balaban J connectivity index is 2.36. The van der Waals surface area contributed by atoms with E-state index in [0.29, 0.717) is 16.6 Å². The van der Waals surface area contributed by atoms with Gasteiger partial charge in [0.25, 0.3) is 0 Å². The van der Waals surface area contributed by atoms with Crippen molar-refractivity contribution in [3.8, 4) is 0 Å². The highest BCUT2D eigenvalue weighted by molar-refractivity contribution is 9.10. The number of Topliss-reactive ketones (excluding diaryl/α,β-unsaturated/α-hetero) is 1. The molecule has 0 aliphatic heterocycles. The maximum Gasteiger partial charge on any atom is 0.188 e. The Labute approximate surface area is 128 Å². The summed E-state index contributed by atoms with van der Waals surface area (Å²) in [6.07, 6.45) is 0. The highest BCUT2D eigenvalue weighted by Gasteiger charge is 2.25.